The van der Waals surface area contributed by atoms with E-state index in [1.54, 1.807) is 19.1 Å². The van der Waals surface area contributed by atoms with Crippen molar-refractivity contribution in [3.63, 3.8) is 0 Å². The molecular weight excluding hydrogens is 393 g/mol. The summed E-state index contributed by atoms with van der Waals surface area (Å²) in [6, 6.07) is 5.81. The molecule has 29 heavy (non-hydrogen) atoms. The Kier molecular flexibility index (Phi) is 6.43. The van der Waals surface area contributed by atoms with Gasteiger partial charge in [-0.05, 0) is 24.6 Å². The molecule has 0 bridgehead atoms. The van der Waals surface area contributed by atoms with E-state index in [9.17, 15) is 14.0 Å². The number of carbonyl (C=O) groups excluding carboxylic acids is 1. The highest BCUT2D eigenvalue weighted by Gasteiger charge is 2.41. The van der Waals surface area contributed by atoms with Crippen LogP contribution in [-0.4, -0.2) is 34.0 Å². The van der Waals surface area contributed by atoms with Crippen LogP contribution in [-0.2, 0) is 9.53 Å². The zero-order valence-corrected chi connectivity index (χ0v) is 16.7. The lowest BCUT2D eigenvalue weighted by atomic mass is 9.77. The van der Waals surface area contributed by atoms with Crippen LogP contribution in [0.2, 0.25) is 0 Å². The van der Waals surface area contributed by atoms with E-state index in [-0.39, 0.29) is 18.0 Å². The number of esters is 1. The molecule has 8 heteroatoms. The molecule has 2 unspecified atom stereocenters. The van der Waals surface area contributed by atoms with Gasteiger partial charge in [0.05, 0.1) is 5.56 Å². The molecule has 6 nitrogen and oxygen atoms in total. The number of halogens is 1. The molecule has 1 aliphatic heterocycles. The summed E-state index contributed by atoms with van der Waals surface area (Å²) in [5.41, 5.74) is 0.705. The number of nitrogens with one attached hydrogen (secondary N) is 1. The van der Waals surface area contributed by atoms with Crippen molar-refractivity contribution in [1.29, 1.82) is 0 Å². The van der Waals surface area contributed by atoms with Gasteiger partial charge in [-0.25, -0.2) is 14.4 Å². The van der Waals surface area contributed by atoms with Gasteiger partial charge in [-0.15, -0.1) is 6.58 Å². The van der Waals surface area contributed by atoms with Crippen molar-refractivity contribution in [2.75, 3.05) is 12.4 Å². The maximum atomic E-state index is 14.0. The molecule has 0 aliphatic carbocycles. The van der Waals surface area contributed by atoms with Crippen LogP contribution in [0.15, 0.2) is 64.5 Å². The van der Waals surface area contributed by atoms with E-state index in [1.165, 1.54) is 36.0 Å². The monoisotopic (exact) mass is 413 g/mol. The third-order valence-electron chi connectivity index (χ3n) is 4.43. The van der Waals surface area contributed by atoms with Crippen molar-refractivity contribution in [2.45, 2.75) is 18.0 Å². The zero-order chi connectivity index (χ0) is 21.0. The first-order valence-electron chi connectivity index (χ1n) is 8.92. The van der Waals surface area contributed by atoms with E-state index in [1.807, 2.05) is 0 Å². The largest absolute Gasteiger partial charge is 0.461 e. The number of rotatable bonds is 7. The van der Waals surface area contributed by atoms with E-state index >= 15 is 0 Å². The van der Waals surface area contributed by atoms with E-state index < -0.39 is 29.2 Å². The predicted octanol–water partition coefficient (Wildman–Crippen LogP) is 3.77. The van der Waals surface area contributed by atoms with Crippen LogP contribution >= 0.6 is 11.8 Å². The Labute approximate surface area is 171 Å². The molecule has 1 aliphatic rings. The maximum Gasteiger partial charge on any atom is 0.315 e. The summed E-state index contributed by atoms with van der Waals surface area (Å²) in [5, 5.41) is 0.399. The molecule has 0 saturated carbocycles. The number of carbonyl (C=O) groups is 1. The van der Waals surface area contributed by atoms with Gasteiger partial charge in [0.1, 0.15) is 18.3 Å². The fraction of sp³-hybridized carbons (Fsp3) is 0.238. The zero-order valence-electron chi connectivity index (χ0n) is 15.9. The number of ether oxygens (including phenoxy) is 1. The lowest BCUT2D eigenvalue weighted by Gasteiger charge is -2.30. The average molecular weight is 413 g/mol. The van der Waals surface area contributed by atoms with Gasteiger partial charge in [-0.1, -0.05) is 42.6 Å². The second kappa shape index (κ2) is 9.00. The first-order valence-corrected chi connectivity index (χ1v) is 9.91. The SMILES string of the molecule is C=CCOC(=O)C1C(C)=Nc2nc(SCC=C)[nH]c(=O)c2C1c1cccc(F)c1. The third kappa shape index (κ3) is 4.37. The number of benzene rings is 1. The van der Waals surface area contributed by atoms with Crippen LogP contribution in [0.4, 0.5) is 10.2 Å². The Morgan fingerprint density at radius 1 is 1.38 bits per heavy atom. The van der Waals surface area contributed by atoms with Crippen LogP contribution in [0.5, 0.6) is 0 Å². The van der Waals surface area contributed by atoms with Gasteiger partial charge in [0.2, 0.25) is 0 Å². The minimum absolute atomic E-state index is 0.0249. The van der Waals surface area contributed by atoms with Gasteiger partial charge < -0.3 is 9.72 Å². The summed E-state index contributed by atoms with van der Waals surface area (Å²) in [6.07, 6.45) is 3.15. The number of aromatic nitrogens is 2. The topological polar surface area (TPSA) is 84.4 Å². The molecule has 2 atom stereocenters. The standard InChI is InChI=1S/C21H20FN3O3S/c1-4-9-28-20(27)15-12(3)23-18-17(16(15)13-7-6-8-14(22)11-13)19(26)25-21(24-18)29-10-5-2/h4-8,11,15-16H,1-2,9-10H2,3H3,(H,24,25,26). The fourth-order valence-corrected chi connectivity index (χ4v) is 3.85. The van der Waals surface area contributed by atoms with E-state index in [2.05, 4.69) is 28.1 Å². The molecule has 1 aromatic heterocycles. The molecule has 2 aromatic rings. The van der Waals surface area contributed by atoms with Crippen molar-refractivity contribution < 1.29 is 13.9 Å². The van der Waals surface area contributed by atoms with Crippen LogP contribution in [0.25, 0.3) is 0 Å². The van der Waals surface area contributed by atoms with Crippen molar-refractivity contribution >= 4 is 29.3 Å². The van der Waals surface area contributed by atoms with Crippen LogP contribution < -0.4 is 5.56 Å². The minimum atomic E-state index is -0.876. The normalized spacial score (nSPS) is 17.8. The van der Waals surface area contributed by atoms with Crippen LogP contribution in [0, 0.1) is 11.7 Å². The predicted molar refractivity (Wildman–Crippen MR) is 111 cm³/mol. The summed E-state index contributed by atoms with van der Waals surface area (Å²) in [4.78, 5) is 37.3. The molecule has 0 radical (unpaired) electrons. The Hall–Kier alpha value is -3.00. The van der Waals surface area contributed by atoms with Gasteiger partial charge in [0.25, 0.3) is 5.56 Å². The van der Waals surface area contributed by atoms with Gasteiger partial charge in [0.15, 0.2) is 11.0 Å². The summed E-state index contributed by atoms with van der Waals surface area (Å²) < 4.78 is 19.2. The lowest BCUT2D eigenvalue weighted by molar-refractivity contribution is -0.145. The van der Waals surface area contributed by atoms with E-state index in [0.29, 0.717) is 22.2 Å². The number of fused-ring (bicyclic) bond motifs is 1. The molecule has 0 saturated heterocycles. The molecule has 0 amide bonds. The first kappa shape index (κ1) is 20.7. The average Bonchev–Trinajstić information content (AvgIpc) is 2.69. The quantitative estimate of drug-likeness (QED) is 0.323. The number of aromatic amines is 1. The highest BCUT2D eigenvalue weighted by Crippen LogP contribution is 2.40. The highest BCUT2D eigenvalue weighted by molar-refractivity contribution is 7.99. The van der Waals surface area contributed by atoms with Crippen LogP contribution in [0.1, 0.15) is 24.0 Å². The van der Waals surface area contributed by atoms with Crippen molar-refractivity contribution in [3.8, 4) is 0 Å². The fourth-order valence-electron chi connectivity index (χ4n) is 3.26. The molecule has 150 valence electrons. The van der Waals surface area contributed by atoms with Gasteiger partial charge in [-0.3, -0.25) is 9.59 Å². The van der Waals surface area contributed by atoms with Crippen molar-refractivity contribution in [2.24, 2.45) is 10.9 Å². The number of H-pyrrole nitrogens is 1. The maximum absolute atomic E-state index is 14.0. The Balaban J connectivity index is 2.18. The van der Waals surface area contributed by atoms with Crippen molar-refractivity contribution in [3.05, 3.63) is 76.9 Å². The first-order chi connectivity index (χ1) is 14.0. The molecular formula is C21H20FN3O3S. The smallest absolute Gasteiger partial charge is 0.315 e. The van der Waals surface area contributed by atoms with Gasteiger partial charge in [0, 0.05) is 17.4 Å². The summed E-state index contributed by atoms with van der Waals surface area (Å²) in [5.74, 6) is -1.89. The number of hydrogen-bond donors (Lipinski definition) is 1. The molecule has 2 heterocycles. The summed E-state index contributed by atoms with van der Waals surface area (Å²) in [7, 11) is 0. The number of hydrogen-bond acceptors (Lipinski definition) is 6. The van der Waals surface area contributed by atoms with Crippen LogP contribution in [0.3, 0.4) is 0 Å². The van der Waals surface area contributed by atoms with Crippen molar-refractivity contribution in [1.82, 2.24) is 9.97 Å². The number of aliphatic imine (C=N–C) groups is 1. The number of thioether (sulfide) groups is 1. The Morgan fingerprint density at radius 3 is 2.86 bits per heavy atom. The Morgan fingerprint density at radius 2 is 2.17 bits per heavy atom. The van der Waals surface area contributed by atoms with E-state index in [4.69, 9.17) is 4.74 Å². The molecule has 0 fully saturated rings. The molecule has 0 spiro atoms. The molecule has 1 aromatic carbocycles. The Bertz CT molecular complexity index is 1050. The molecule has 1 N–H and O–H groups in total. The minimum Gasteiger partial charge on any atom is -0.461 e. The second-order valence-electron chi connectivity index (χ2n) is 6.39. The van der Waals surface area contributed by atoms with Gasteiger partial charge in [-0.2, -0.15) is 0 Å². The van der Waals surface area contributed by atoms with Gasteiger partial charge >= 0.3 is 5.97 Å². The van der Waals surface area contributed by atoms with E-state index in [0.717, 1.165) is 0 Å². The summed E-state index contributed by atoms with van der Waals surface area (Å²) >= 11 is 1.31. The lowest BCUT2D eigenvalue weighted by Crippen LogP contribution is -2.37. The molecule has 3 rings (SSSR count). The second-order valence-corrected chi connectivity index (χ2v) is 7.40. The third-order valence-corrected chi connectivity index (χ3v) is 5.30. The highest BCUT2D eigenvalue weighted by atomic mass is 32.2. The summed E-state index contributed by atoms with van der Waals surface area (Å²) in [6.45, 7) is 8.89. The number of nitrogens with zero attached hydrogens (tertiary/aromatic N) is 2.